The van der Waals surface area contributed by atoms with E-state index in [1.807, 2.05) is 0 Å². The van der Waals surface area contributed by atoms with E-state index >= 15 is 0 Å². The lowest BCUT2D eigenvalue weighted by Crippen LogP contribution is -2.16. The molecule has 1 saturated carbocycles. The molecule has 1 aliphatic carbocycles. The third-order valence-corrected chi connectivity index (χ3v) is 3.82. The lowest BCUT2D eigenvalue weighted by Gasteiger charge is -2.05. The fourth-order valence-electron chi connectivity index (χ4n) is 1.73. The third kappa shape index (κ3) is 2.01. The molecule has 0 spiro atoms. The van der Waals surface area contributed by atoms with Crippen LogP contribution in [-0.4, -0.2) is 14.8 Å². The van der Waals surface area contributed by atoms with E-state index in [9.17, 15) is 9.18 Å². The second kappa shape index (κ2) is 4.16. The van der Waals surface area contributed by atoms with Crippen LogP contribution in [0, 0.1) is 5.82 Å². The molecule has 3 rings (SSSR count). The van der Waals surface area contributed by atoms with Crippen molar-refractivity contribution in [2.75, 3.05) is 5.73 Å². The average molecular weight is 266 g/mol. The molecule has 2 aromatic rings. The molecular formula is C11H11FN4OS. The minimum absolute atomic E-state index is 0.208. The number of aromatic nitrogens is 3. The molecule has 7 heteroatoms. The number of nitrogens with one attached hydrogen (secondary N) is 1. The Kier molecular flexibility index (Phi) is 2.62. The van der Waals surface area contributed by atoms with Crippen molar-refractivity contribution < 1.29 is 4.39 Å². The summed E-state index contributed by atoms with van der Waals surface area (Å²) < 4.78 is 14.6. The molecule has 3 N–H and O–H groups in total. The largest absolute Gasteiger partial charge is 0.398 e. The van der Waals surface area contributed by atoms with Crippen LogP contribution in [0.1, 0.15) is 18.9 Å². The molecule has 1 aromatic heterocycles. The summed E-state index contributed by atoms with van der Waals surface area (Å²) >= 11 is 1.27. The quantitative estimate of drug-likeness (QED) is 0.830. The van der Waals surface area contributed by atoms with Gasteiger partial charge in [-0.2, -0.15) is 0 Å². The van der Waals surface area contributed by atoms with Gasteiger partial charge in [-0.3, -0.25) is 4.57 Å². The van der Waals surface area contributed by atoms with Gasteiger partial charge in [-0.1, -0.05) is 0 Å². The van der Waals surface area contributed by atoms with E-state index in [1.165, 1.54) is 23.9 Å². The zero-order chi connectivity index (χ0) is 12.7. The molecule has 18 heavy (non-hydrogen) atoms. The lowest BCUT2D eigenvalue weighted by molar-refractivity contribution is 0.627. The predicted molar refractivity (Wildman–Crippen MR) is 66.1 cm³/mol. The molecule has 0 unspecified atom stereocenters. The summed E-state index contributed by atoms with van der Waals surface area (Å²) in [6, 6.07) is 4.42. The molecule has 1 aromatic carbocycles. The van der Waals surface area contributed by atoms with Gasteiger partial charge in [-0.05, 0) is 42.8 Å². The highest BCUT2D eigenvalue weighted by molar-refractivity contribution is 7.99. The number of aromatic amines is 1. The Balaban J connectivity index is 1.94. The predicted octanol–water partition coefficient (Wildman–Crippen LogP) is 1.78. The summed E-state index contributed by atoms with van der Waals surface area (Å²) in [6.07, 6.45) is 1.98. The topological polar surface area (TPSA) is 76.7 Å². The van der Waals surface area contributed by atoms with Gasteiger partial charge in [0.15, 0.2) is 5.16 Å². The van der Waals surface area contributed by atoms with Crippen LogP contribution in [-0.2, 0) is 0 Å². The summed E-state index contributed by atoms with van der Waals surface area (Å²) in [4.78, 5) is 12.3. The molecule has 0 radical (unpaired) electrons. The minimum atomic E-state index is -0.376. The van der Waals surface area contributed by atoms with Gasteiger partial charge >= 0.3 is 5.69 Å². The number of hydrogen-bond donors (Lipinski definition) is 2. The zero-order valence-corrected chi connectivity index (χ0v) is 10.2. The van der Waals surface area contributed by atoms with Crippen LogP contribution in [0.25, 0.3) is 0 Å². The van der Waals surface area contributed by atoms with Crippen LogP contribution in [0.5, 0.6) is 0 Å². The van der Waals surface area contributed by atoms with Gasteiger partial charge in [0.2, 0.25) is 0 Å². The summed E-state index contributed by atoms with van der Waals surface area (Å²) in [6.45, 7) is 0. The third-order valence-electron chi connectivity index (χ3n) is 2.76. The van der Waals surface area contributed by atoms with Gasteiger partial charge in [0.25, 0.3) is 0 Å². The number of nitrogen functional groups attached to an aromatic ring is 1. The maximum Gasteiger partial charge on any atom is 0.344 e. The number of hydrogen-bond acceptors (Lipinski definition) is 4. The molecule has 1 heterocycles. The Morgan fingerprint density at radius 1 is 1.50 bits per heavy atom. The standard InChI is InChI=1S/C11H11FN4OS/c12-6-1-4-9(8(13)5-6)18-11-15-14-10(17)16(11)7-2-3-7/h1,4-5,7H,2-3,13H2,(H,14,17). The molecule has 0 saturated heterocycles. The number of nitrogens with zero attached hydrogens (tertiary/aromatic N) is 2. The zero-order valence-electron chi connectivity index (χ0n) is 9.39. The van der Waals surface area contributed by atoms with E-state index in [0.29, 0.717) is 15.7 Å². The van der Waals surface area contributed by atoms with Crippen LogP contribution in [0.15, 0.2) is 33.0 Å². The summed E-state index contributed by atoms with van der Waals surface area (Å²) in [5.74, 6) is -0.376. The van der Waals surface area contributed by atoms with E-state index in [0.717, 1.165) is 12.8 Å². The van der Waals surface area contributed by atoms with Crippen LogP contribution in [0.2, 0.25) is 0 Å². The average Bonchev–Trinajstić information content (AvgIpc) is 3.08. The maximum atomic E-state index is 12.9. The van der Waals surface area contributed by atoms with Crippen molar-refractivity contribution in [2.24, 2.45) is 0 Å². The summed E-state index contributed by atoms with van der Waals surface area (Å²) in [5.41, 5.74) is 5.87. The Hall–Kier alpha value is -1.76. The van der Waals surface area contributed by atoms with E-state index in [1.54, 1.807) is 10.6 Å². The van der Waals surface area contributed by atoms with Crippen LogP contribution in [0.4, 0.5) is 10.1 Å². The molecule has 1 aliphatic rings. The first-order chi connectivity index (χ1) is 8.65. The van der Waals surface area contributed by atoms with Crippen LogP contribution >= 0.6 is 11.8 Å². The highest BCUT2D eigenvalue weighted by Crippen LogP contribution is 2.38. The van der Waals surface area contributed by atoms with Crippen molar-refractivity contribution in [3.8, 4) is 0 Å². The highest BCUT2D eigenvalue weighted by Gasteiger charge is 2.28. The minimum Gasteiger partial charge on any atom is -0.398 e. The number of nitrogens with two attached hydrogens (primary N) is 1. The van der Waals surface area contributed by atoms with Crippen molar-refractivity contribution in [3.05, 3.63) is 34.5 Å². The van der Waals surface area contributed by atoms with Crippen molar-refractivity contribution in [3.63, 3.8) is 0 Å². The summed E-state index contributed by atoms with van der Waals surface area (Å²) in [5, 5.41) is 6.98. The molecule has 5 nitrogen and oxygen atoms in total. The van der Waals surface area contributed by atoms with Gasteiger partial charge < -0.3 is 5.73 Å². The Bertz CT molecular complexity index is 647. The first-order valence-electron chi connectivity index (χ1n) is 5.55. The van der Waals surface area contributed by atoms with E-state index < -0.39 is 0 Å². The molecule has 0 amide bonds. The number of rotatable bonds is 3. The second-order valence-corrected chi connectivity index (χ2v) is 5.21. The van der Waals surface area contributed by atoms with Gasteiger partial charge in [-0.15, -0.1) is 5.10 Å². The smallest absolute Gasteiger partial charge is 0.344 e. The SMILES string of the molecule is Nc1cc(F)ccc1Sc1n[nH]c(=O)n1C1CC1. The Labute approximate surface area is 106 Å². The fraction of sp³-hybridized carbons (Fsp3) is 0.273. The lowest BCUT2D eigenvalue weighted by atomic mass is 10.3. The molecule has 0 aliphatic heterocycles. The molecule has 1 fully saturated rings. The van der Waals surface area contributed by atoms with Gasteiger partial charge in [-0.25, -0.2) is 14.3 Å². The fourth-order valence-corrected chi connectivity index (χ4v) is 2.66. The number of benzene rings is 1. The number of H-pyrrole nitrogens is 1. The normalized spacial score (nSPS) is 14.9. The molecular weight excluding hydrogens is 255 g/mol. The van der Waals surface area contributed by atoms with Crippen LogP contribution < -0.4 is 11.4 Å². The van der Waals surface area contributed by atoms with E-state index in [4.69, 9.17) is 5.73 Å². The first kappa shape index (κ1) is 11.3. The van der Waals surface area contributed by atoms with Crippen molar-refractivity contribution in [1.82, 2.24) is 14.8 Å². The first-order valence-corrected chi connectivity index (χ1v) is 6.36. The Morgan fingerprint density at radius 2 is 2.28 bits per heavy atom. The van der Waals surface area contributed by atoms with Gasteiger partial charge in [0.05, 0.1) is 0 Å². The monoisotopic (exact) mass is 266 g/mol. The Morgan fingerprint density at radius 3 is 2.94 bits per heavy atom. The molecule has 0 bridgehead atoms. The van der Waals surface area contributed by atoms with E-state index in [-0.39, 0.29) is 17.5 Å². The molecule has 0 atom stereocenters. The number of anilines is 1. The molecule has 94 valence electrons. The number of halogens is 1. The van der Waals surface area contributed by atoms with Gasteiger partial charge in [0, 0.05) is 16.6 Å². The maximum absolute atomic E-state index is 12.9. The second-order valence-electron chi connectivity index (χ2n) is 4.20. The van der Waals surface area contributed by atoms with Crippen molar-refractivity contribution in [1.29, 1.82) is 0 Å². The van der Waals surface area contributed by atoms with Crippen LogP contribution in [0.3, 0.4) is 0 Å². The summed E-state index contributed by atoms with van der Waals surface area (Å²) in [7, 11) is 0. The van der Waals surface area contributed by atoms with Gasteiger partial charge in [0.1, 0.15) is 5.82 Å². The highest BCUT2D eigenvalue weighted by atomic mass is 32.2. The van der Waals surface area contributed by atoms with Crippen molar-refractivity contribution >= 4 is 17.4 Å². The van der Waals surface area contributed by atoms with Crippen molar-refractivity contribution in [2.45, 2.75) is 28.9 Å². The van der Waals surface area contributed by atoms with E-state index in [2.05, 4.69) is 10.2 Å².